The van der Waals surface area contributed by atoms with Gasteiger partial charge in [-0.15, -0.1) is 11.3 Å². The summed E-state index contributed by atoms with van der Waals surface area (Å²) in [6.07, 6.45) is 0. The summed E-state index contributed by atoms with van der Waals surface area (Å²) in [5, 5.41) is 5.64. The molecule has 0 fully saturated rings. The monoisotopic (exact) mass is 341 g/mol. The Labute approximate surface area is 139 Å². The third-order valence-electron chi connectivity index (χ3n) is 3.85. The second-order valence-corrected chi connectivity index (χ2v) is 6.16. The first kappa shape index (κ1) is 14.6. The highest BCUT2D eigenvalue weighted by molar-refractivity contribution is 7.13. The Bertz CT molecular complexity index is 952. The van der Waals surface area contributed by atoms with Gasteiger partial charge in [-0.3, -0.25) is 23.6 Å². The van der Waals surface area contributed by atoms with Gasteiger partial charge in [-0.2, -0.15) is 0 Å². The van der Waals surface area contributed by atoms with Crippen molar-refractivity contribution >= 4 is 23.2 Å². The summed E-state index contributed by atoms with van der Waals surface area (Å²) in [4.78, 5) is 38.5. The summed E-state index contributed by atoms with van der Waals surface area (Å²) in [6.45, 7) is 0.201. The molecule has 3 heterocycles. The van der Waals surface area contributed by atoms with E-state index in [0.29, 0.717) is 17.0 Å². The summed E-state index contributed by atoms with van der Waals surface area (Å²) in [7, 11) is 0. The predicted octanol–water partition coefficient (Wildman–Crippen LogP) is 1.86. The van der Waals surface area contributed by atoms with Crippen molar-refractivity contribution in [1.82, 2.24) is 14.6 Å². The van der Waals surface area contributed by atoms with Crippen LogP contribution in [0.4, 0.5) is 0 Å². The number of rotatable bonds is 4. The van der Waals surface area contributed by atoms with E-state index in [9.17, 15) is 14.4 Å². The van der Waals surface area contributed by atoms with Crippen LogP contribution in [0.1, 0.15) is 20.7 Å². The lowest BCUT2D eigenvalue weighted by atomic mass is 10.1. The van der Waals surface area contributed by atoms with E-state index < -0.39 is 5.76 Å². The third kappa shape index (κ3) is 2.19. The Morgan fingerprint density at radius 3 is 2.29 bits per heavy atom. The van der Waals surface area contributed by atoms with Gasteiger partial charge < -0.3 is 0 Å². The number of imide groups is 1. The second kappa shape index (κ2) is 5.57. The number of nitrogens with zero attached hydrogens (tertiary/aromatic N) is 3. The zero-order chi connectivity index (χ0) is 16.7. The maximum Gasteiger partial charge on any atom is 0.441 e. The van der Waals surface area contributed by atoms with Crippen LogP contribution in [0.2, 0.25) is 0 Å². The number of hydrogen-bond donors (Lipinski definition) is 0. The maximum atomic E-state index is 12.3. The van der Waals surface area contributed by atoms with E-state index in [4.69, 9.17) is 4.52 Å². The quantitative estimate of drug-likeness (QED) is 0.676. The van der Waals surface area contributed by atoms with Gasteiger partial charge in [0.05, 0.1) is 16.0 Å². The molecule has 0 unspecified atom stereocenters. The molecule has 0 N–H and O–H groups in total. The minimum absolute atomic E-state index is 0.0752. The first-order chi connectivity index (χ1) is 11.7. The summed E-state index contributed by atoms with van der Waals surface area (Å²) in [5.74, 6) is -0.919. The molecule has 120 valence electrons. The minimum Gasteiger partial charge on any atom is -0.295 e. The van der Waals surface area contributed by atoms with E-state index in [-0.39, 0.29) is 24.9 Å². The van der Waals surface area contributed by atoms with Crippen molar-refractivity contribution in [3.05, 3.63) is 63.5 Å². The number of carbonyl (C=O) groups excluding carboxylic acids is 2. The van der Waals surface area contributed by atoms with Gasteiger partial charge >= 0.3 is 5.76 Å². The molecule has 7 nitrogen and oxygen atoms in total. The highest BCUT2D eigenvalue weighted by Gasteiger charge is 2.35. The molecule has 0 saturated carbocycles. The maximum absolute atomic E-state index is 12.3. The fourth-order valence-corrected chi connectivity index (χ4v) is 3.40. The number of amides is 2. The molecule has 2 amide bonds. The molecule has 24 heavy (non-hydrogen) atoms. The van der Waals surface area contributed by atoms with Crippen LogP contribution in [0.25, 0.3) is 10.7 Å². The molecule has 2 aromatic heterocycles. The average Bonchev–Trinajstić information content (AvgIpc) is 3.29. The smallest absolute Gasteiger partial charge is 0.295 e. The van der Waals surface area contributed by atoms with Crippen LogP contribution < -0.4 is 5.76 Å². The topological polar surface area (TPSA) is 85.4 Å². The Morgan fingerprint density at radius 1 is 0.958 bits per heavy atom. The Balaban J connectivity index is 1.59. The number of hydrogen-bond acceptors (Lipinski definition) is 6. The van der Waals surface area contributed by atoms with Crippen molar-refractivity contribution in [2.45, 2.75) is 6.54 Å². The molecule has 0 spiro atoms. The Kier molecular flexibility index (Phi) is 3.39. The number of aromatic nitrogens is 2. The highest BCUT2D eigenvalue weighted by Crippen LogP contribution is 2.24. The van der Waals surface area contributed by atoms with Crippen LogP contribution in [-0.4, -0.2) is 33.0 Å². The van der Waals surface area contributed by atoms with Gasteiger partial charge in [0.15, 0.2) is 5.82 Å². The molecule has 1 aliphatic heterocycles. The van der Waals surface area contributed by atoms with E-state index in [1.54, 1.807) is 24.3 Å². The van der Waals surface area contributed by atoms with E-state index in [1.165, 1.54) is 15.9 Å². The van der Waals surface area contributed by atoms with E-state index in [1.807, 2.05) is 17.5 Å². The summed E-state index contributed by atoms with van der Waals surface area (Å²) in [5.41, 5.74) is 0.775. The van der Waals surface area contributed by atoms with Gasteiger partial charge in [-0.25, -0.2) is 4.79 Å². The SMILES string of the molecule is O=C1c2ccccc2C(=O)N1CCn1c(-c2cccs2)noc1=O. The van der Waals surface area contributed by atoms with Crippen LogP contribution in [0, 0.1) is 0 Å². The molecule has 0 saturated heterocycles. The number of benzene rings is 1. The Hall–Kier alpha value is -3.00. The molecule has 1 aromatic carbocycles. The number of thiophene rings is 1. The lowest BCUT2D eigenvalue weighted by molar-refractivity contribution is 0.0648. The molecule has 0 aliphatic carbocycles. The summed E-state index contributed by atoms with van der Waals surface area (Å²) < 4.78 is 6.05. The van der Waals surface area contributed by atoms with E-state index in [2.05, 4.69) is 5.16 Å². The number of carbonyl (C=O) groups is 2. The van der Waals surface area contributed by atoms with Crippen LogP contribution in [0.15, 0.2) is 51.1 Å². The van der Waals surface area contributed by atoms with Gasteiger partial charge in [0.1, 0.15) is 0 Å². The van der Waals surface area contributed by atoms with Crippen molar-refractivity contribution in [3.63, 3.8) is 0 Å². The first-order valence-corrected chi connectivity index (χ1v) is 8.10. The average molecular weight is 341 g/mol. The summed E-state index contributed by atoms with van der Waals surface area (Å²) in [6, 6.07) is 10.3. The van der Waals surface area contributed by atoms with Gasteiger partial charge in [-0.05, 0) is 23.6 Å². The first-order valence-electron chi connectivity index (χ1n) is 7.22. The zero-order valence-corrected chi connectivity index (χ0v) is 13.2. The molecule has 3 aromatic rings. The van der Waals surface area contributed by atoms with E-state index in [0.717, 1.165) is 9.78 Å². The fourth-order valence-electron chi connectivity index (χ4n) is 2.69. The Morgan fingerprint density at radius 2 is 1.67 bits per heavy atom. The van der Waals surface area contributed by atoms with Gasteiger partial charge in [-0.1, -0.05) is 23.4 Å². The minimum atomic E-state index is -0.616. The van der Waals surface area contributed by atoms with Crippen molar-refractivity contribution in [1.29, 1.82) is 0 Å². The van der Waals surface area contributed by atoms with Crippen LogP contribution >= 0.6 is 11.3 Å². The molecular formula is C16H11N3O4S. The normalized spacial score (nSPS) is 13.6. The molecule has 4 rings (SSSR count). The summed E-state index contributed by atoms with van der Waals surface area (Å²) >= 11 is 1.42. The molecule has 0 atom stereocenters. The third-order valence-corrected chi connectivity index (χ3v) is 4.72. The van der Waals surface area contributed by atoms with Crippen LogP contribution in [-0.2, 0) is 6.54 Å². The van der Waals surface area contributed by atoms with Crippen LogP contribution in [0.5, 0.6) is 0 Å². The van der Waals surface area contributed by atoms with Gasteiger partial charge in [0.2, 0.25) is 0 Å². The largest absolute Gasteiger partial charge is 0.441 e. The van der Waals surface area contributed by atoms with Crippen molar-refractivity contribution in [3.8, 4) is 10.7 Å². The molecule has 1 aliphatic rings. The second-order valence-electron chi connectivity index (χ2n) is 5.21. The van der Waals surface area contributed by atoms with Gasteiger partial charge in [0, 0.05) is 13.1 Å². The van der Waals surface area contributed by atoms with Crippen molar-refractivity contribution < 1.29 is 14.1 Å². The molecular weight excluding hydrogens is 330 g/mol. The highest BCUT2D eigenvalue weighted by atomic mass is 32.1. The molecule has 0 radical (unpaired) electrons. The fraction of sp³-hybridized carbons (Fsp3) is 0.125. The van der Waals surface area contributed by atoms with E-state index >= 15 is 0 Å². The predicted molar refractivity (Wildman–Crippen MR) is 85.9 cm³/mol. The molecule has 8 heteroatoms. The molecule has 0 bridgehead atoms. The standard InChI is InChI=1S/C16H11N3O4S/c20-14-10-4-1-2-5-11(10)15(21)19(14)8-7-18-13(17-23-16(18)22)12-6-3-9-24-12/h1-6,9H,7-8H2. The van der Waals surface area contributed by atoms with Crippen LogP contribution in [0.3, 0.4) is 0 Å². The lowest BCUT2D eigenvalue weighted by Crippen LogP contribution is -2.34. The lowest BCUT2D eigenvalue weighted by Gasteiger charge is -2.13. The zero-order valence-electron chi connectivity index (χ0n) is 12.3. The van der Waals surface area contributed by atoms with Crippen molar-refractivity contribution in [2.24, 2.45) is 0 Å². The van der Waals surface area contributed by atoms with Crippen molar-refractivity contribution in [2.75, 3.05) is 6.54 Å². The van der Waals surface area contributed by atoms with Gasteiger partial charge in [0.25, 0.3) is 11.8 Å². The number of fused-ring (bicyclic) bond motifs is 1.